The number of benzene rings is 2. The molecule has 1 aliphatic heterocycles. The van der Waals surface area contributed by atoms with Gasteiger partial charge in [-0.2, -0.15) is 0 Å². The van der Waals surface area contributed by atoms with Crippen molar-refractivity contribution in [3.63, 3.8) is 0 Å². The van der Waals surface area contributed by atoms with Crippen molar-refractivity contribution in [2.45, 2.75) is 23.1 Å². The first kappa shape index (κ1) is 18.4. The van der Waals surface area contributed by atoms with E-state index >= 15 is 0 Å². The van der Waals surface area contributed by atoms with E-state index < -0.39 is 3.73 Å². The van der Waals surface area contributed by atoms with Gasteiger partial charge in [0.1, 0.15) is 5.82 Å². The molecule has 0 saturated carbocycles. The smallest absolute Gasteiger partial charge is 0.202 e. The Morgan fingerprint density at radius 2 is 1.79 bits per heavy atom. The Morgan fingerprint density at radius 1 is 1.17 bits per heavy atom. The van der Waals surface area contributed by atoms with Gasteiger partial charge in [-0.3, -0.25) is 4.90 Å². The Kier molecular flexibility index (Phi) is 4.90. The van der Waals surface area contributed by atoms with E-state index in [0.29, 0.717) is 16.7 Å². The summed E-state index contributed by atoms with van der Waals surface area (Å²) in [5, 5.41) is 1.06. The normalized spacial score (nSPS) is 23.6. The van der Waals surface area contributed by atoms with Crippen LogP contribution < -0.4 is 0 Å². The average molecular weight is 480 g/mol. The number of alkyl halides is 1. The molecule has 6 heteroatoms. The predicted molar refractivity (Wildman–Crippen MR) is 105 cm³/mol. The van der Waals surface area contributed by atoms with Gasteiger partial charge < -0.3 is 4.74 Å². The van der Waals surface area contributed by atoms with Crippen LogP contribution in [0.15, 0.2) is 36.4 Å². The Hall–Kier alpha value is -0.400. The fraction of sp³-hybridized carbons (Fsp3) is 0.333. The van der Waals surface area contributed by atoms with E-state index in [1.807, 2.05) is 13.1 Å². The van der Waals surface area contributed by atoms with Gasteiger partial charge in [-0.05, 0) is 78.9 Å². The lowest BCUT2D eigenvalue weighted by Gasteiger charge is -2.37. The summed E-state index contributed by atoms with van der Waals surface area (Å²) in [6, 6.07) is 9.86. The van der Waals surface area contributed by atoms with Crippen LogP contribution in [0.25, 0.3) is 11.1 Å². The van der Waals surface area contributed by atoms with Crippen molar-refractivity contribution < 1.29 is 9.13 Å². The zero-order valence-electron chi connectivity index (χ0n) is 13.5. The molecule has 0 bridgehead atoms. The van der Waals surface area contributed by atoms with Crippen LogP contribution in [0.1, 0.15) is 19.4 Å². The monoisotopic (exact) mass is 479 g/mol. The predicted octanol–water partition coefficient (Wildman–Crippen LogP) is 6.09. The molecule has 0 aliphatic carbocycles. The van der Waals surface area contributed by atoms with E-state index in [4.69, 9.17) is 27.9 Å². The standard InChI is InChI=1S/C18H17Cl2FINO/c1-17(2)10-24-18(22,23(17)3)16-14(8-12(19)9-15(16)20)11-4-6-13(21)7-5-11/h4-9H,10H2,1-3H3. The summed E-state index contributed by atoms with van der Waals surface area (Å²) in [7, 11) is 2.01. The maximum atomic E-state index is 13.3. The van der Waals surface area contributed by atoms with Crippen molar-refractivity contribution in [3.8, 4) is 11.1 Å². The molecular weight excluding hydrogens is 463 g/mol. The number of likely N-dealkylation sites (N-methyl/N-ethyl adjacent to an activating group) is 1. The lowest BCUT2D eigenvalue weighted by atomic mass is 9.97. The lowest BCUT2D eigenvalue weighted by molar-refractivity contribution is 0.0210. The van der Waals surface area contributed by atoms with Crippen molar-refractivity contribution in [2.75, 3.05) is 13.7 Å². The summed E-state index contributed by atoms with van der Waals surface area (Å²) in [6.45, 7) is 4.82. The second kappa shape index (κ2) is 6.40. The van der Waals surface area contributed by atoms with Gasteiger partial charge in [-0.15, -0.1) is 0 Å². The van der Waals surface area contributed by atoms with Crippen molar-refractivity contribution in [2.24, 2.45) is 0 Å². The third-order valence-corrected chi connectivity index (χ3v) is 6.57. The van der Waals surface area contributed by atoms with Crippen molar-refractivity contribution in [3.05, 3.63) is 57.8 Å². The van der Waals surface area contributed by atoms with E-state index in [2.05, 4.69) is 41.3 Å². The highest BCUT2D eigenvalue weighted by Crippen LogP contribution is 2.51. The molecule has 0 spiro atoms. The molecule has 1 aliphatic rings. The number of ether oxygens (including phenoxy) is 1. The summed E-state index contributed by atoms with van der Waals surface area (Å²) in [6.07, 6.45) is 0. The molecule has 0 amide bonds. The van der Waals surface area contributed by atoms with Crippen LogP contribution in [-0.2, 0) is 8.47 Å². The van der Waals surface area contributed by atoms with Crippen LogP contribution in [0.5, 0.6) is 0 Å². The number of rotatable bonds is 2. The van der Waals surface area contributed by atoms with Crippen LogP contribution in [-0.4, -0.2) is 24.1 Å². The third-order valence-electron chi connectivity index (χ3n) is 4.47. The summed E-state index contributed by atoms with van der Waals surface area (Å²) in [4.78, 5) is 2.16. The fourth-order valence-corrected chi connectivity index (χ4v) is 5.01. The molecule has 128 valence electrons. The summed E-state index contributed by atoms with van der Waals surface area (Å²) >= 11 is 15.1. The highest BCUT2D eigenvalue weighted by atomic mass is 127. The molecule has 0 N–H and O–H groups in total. The van der Waals surface area contributed by atoms with Crippen LogP contribution in [0, 0.1) is 5.82 Å². The molecule has 1 heterocycles. The minimum absolute atomic E-state index is 0.135. The number of halogens is 4. The molecule has 1 saturated heterocycles. The maximum Gasteiger partial charge on any atom is 0.202 e. The second-order valence-corrected chi connectivity index (χ2v) is 8.84. The van der Waals surface area contributed by atoms with Crippen LogP contribution in [0.2, 0.25) is 10.0 Å². The van der Waals surface area contributed by atoms with Gasteiger partial charge >= 0.3 is 0 Å². The second-order valence-electron chi connectivity index (χ2n) is 6.54. The molecule has 3 rings (SSSR count). The lowest BCUT2D eigenvalue weighted by Crippen LogP contribution is -2.44. The number of hydrogen-bond donors (Lipinski definition) is 0. The molecular formula is C18H17Cl2FINO. The van der Waals surface area contributed by atoms with Crippen molar-refractivity contribution in [1.82, 2.24) is 4.90 Å². The minimum Gasteiger partial charge on any atom is -0.345 e. The molecule has 0 aromatic heterocycles. The maximum absolute atomic E-state index is 13.3. The Morgan fingerprint density at radius 3 is 2.33 bits per heavy atom. The van der Waals surface area contributed by atoms with E-state index in [9.17, 15) is 4.39 Å². The Labute approximate surface area is 165 Å². The molecule has 24 heavy (non-hydrogen) atoms. The van der Waals surface area contributed by atoms with E-state index in [0.717, 1.165) is 16.7 Å². The van der Waals surface area contributed by atoms with Crippen molar-refractivity contribution >= 4 is 45.8 Å². The molecule has 2 nitrogen and oxygen atoms in total. The first-order chi connectivity index (χ1) is 11.1. The van der Waals surface area contributed by atoms with Crippen LogP contribution >= 0.6 is 45.8 Å². The Bertz CT molecular complexity index is 781. The van der Waals surface area contributed by atoms with E-state index in [-0.39, 0.29) is 11.4 Å². The number of nitrogens with zero attached hydrogens (tertiary/aromatic N) is 1. The molecule has 0 radical (unpaired) electrons. The molecule has 1 fully saturated rings. The van der Waals surface area contributed by atoms with Crippen LogP contribution in [0.4, 0.5) is 4.39 Å². The third kappa shape index (κ3) is 3.07. The highest BCUT2D eigenvalue weighted by molar-refractivity contribution is 14.1. The summed E-state index contributed by atoms with van der Waals surface area (Å²) in [5.41, 5.74) is 2.37. The fourth-order valence-electron chi connectivity index (χ4n) is 2.84. The first-order valence-electron chi connectivity index (χ1n) is 7.47. The number of hydrogen-bond acceptors (Lipinski definition) is 2. The molecule has 1 atom stereocenters. The van der Waals surface area contributed by atoms with E-state index in [1.54, 1.807) is 18.2 Å². The van der Waals surface area contributed by atoms with Gasteiger partial charge in [0.15, 0.2) is 0 Å². The summed E-state index contributed by atoms with van der Waals surface area (Å²) < 4.78 is 18.8. The Balaban J connectivity index is 2.23. The van der Waals surface area contributed by atoms with Crippen LogP contribution in [0.3, 0.4) is 0 Å². The zero-order chi connectivity index (χ0) is 17.7. The van der Waals surface area contributed by atoms with Gasteiger partial charge in [0, 0.05) is 16.1 Å². The largest absolute Gasteiger partial charge is 0.345 e. The SMILES string of the molecule is CN1C(C)(C)COC1(I)c1c(Cl)cc(Cl)cc1-c1ccc(F)cc1. The van der Waals surface area contributed by atoms with Gasteiger partial charge in [-0.25, -0.2) is 4.39 Å². The zero-order valence-corrected chi connectivity index (χ0v) is 17.2. The van der Waals surface area contributed by atoms with Gasteiger partial charge in [0.25, 0.3) is 0 Å². The van der Waals surface area contributed by atoms with Crippen molar-refractivity contribution in [1.29, 1.82) is 0 Å². The minimum atomic E-state index is -0.730. The highest BCUT2D eigenvalue weighted by Gasteiger charge is 2.51. The average Bonchev–Trinajstić information content (AvgIpc) is 2.71. The van der Waals surface area contributed by atoms with Gasteiger partial charge in [-0.1, -0.05) is 35.3 Å². The van der Waals surface area contributed by atoms with Gasteiger partial charge in [0.05, 0.1) is 11.6 Å². The summed E-state index contributed by atoms with van der Waals surface area (Å²) in [5.74, 6) is -0.284. The van der Waals surface area contributed by atoms with E-state index in [1.165, 1.54) is 12.1 Å². The molecule has 2 aromatic carbocycles. The first-order valence-corrected chi connectivity index (χ1v) is 9.31. The van der Waals surface area contributed by atoms with Gasteiger partial charge in [0.2, 0.25) is 3.73 Å². The quantitative estimate of drug-likeness (QED) is 0.294. The molecule has 1 unspecified atom stereocenters. The topological polar surface area (TPSA) is 12.5 Å². The molecule has 2 aromatic rings.